The molecule has 1 aromatic carbocycles. The first-order valence-electron chi connectivity index (χ1n) is 6.02. The maximum atomic E-state index is 11.4. The minimum absolute atomic E-state index is 0.0723. The molecule has 0 spiro atoms. The highest BCUT2D eigenvalue weighted by Gasteiger charge is 2.00. The molecule has 1 rings (SSSR count). The smallest absolute Gasteiger partial charge is 0.220 e. The maximum absolute atomic E-state index is 11.4. The summed E-state index contributed by atoms with van der Waals surface area (Å²) in [6.45, 7) is 2.01. The molecule has 18 heavy (non-hydrogen) atoms. The van der Waals surface area contributed by atoms with Gasteiger partial charge in [-0.05, 0) is 31.7 Å². The van der Waals surface area contributed by atoms with Gasteiger partial charge >= 0.3 is 0 Å². The molecule has 100 valence electrons. The SMILES string of the molecule is CNCCNC(=O)CCCOc1cccc(Br)c1. The van der Waals surface area contributed by atoms with Crippen molar-refractivity contribution in [1.82, 2.24) is 10.6 Å². The van der Waals surface area contributed by atoms with Crippen LogP contribution in [0.4, 0.5) is 0 Å². The molecule has 4 nitrogen and oxygen atoms in total. The van der Waals surface area contributed by atoms with Gasteiger partial charge < -0.3 is 15.4 Å². The number of ether oxygens (including phenoxy) is 1. The van der Waals surface area contributed by atoms with Crippen molar-refractivity contribution in [1.29, 1.82) is 0 Å². The zero-order chi connectivity index (χ0) is 13.2. The number of benzene rings is 1. The molecule has 0 saturated heterocycles. The van der Waals surface area contributed by atoms with Gasteiger partial charge in [0.05, 0.1) is 6.61 Å². The van der Waals surface area contributed by atoms with Gasteiger partial charge in [-0.15, -0.1) is 0 Å². The van der Waals surface area contributed by atoms with Crippen LogP contribution in [0, 0.1) is 0 Å². The van der Waals surface area contributed by atoms with Gasteiger partial charge in [-0.25, -0.2) is 0 Å². The van der Waals surface area contributed by atoms with Crippen molar-refractivity contribution in [3.63, 3.8) is 0 Å². The Bertz CT molecular complexity index is 372. The van der Waals surface area contributed by atoms with E-state index in [1.165, 1.54) is 0 Å². The Morgan fingerprint density at radius 1 is 1.39 bits per heavy atom. The van der Waals surface area contributed by atoms with Gasteiger partial charge in [0, 0.05) is 24.0 Å². The van der Waals surface area contributed by atoms with Crippen molar-refractivity contribution in [3.8, 4) is 5.75 Å². The summed E-state index contributed by atoms with van der Waals surface area (Å²) < 4.78 is 6.53. The Kier molecular flexibility index (Phi) is 7.44. The predicted octanol–water partition coefficient (Wildman–Crippen LogP) is 1.94. The predicted molar refractivity (Wildman–Crippen MR) is 75.8 cm³/mol. The molecule has 1 aromatic rings. The lowest BCUT2D eigenvalue weighted by Gasteiger charge is -2.07. The fourth-order valence-corrected chi connectivity index (χ4v) is 1.77. The first kappa shape index (κ1) is 15.0. The second-order valence-corrected chi connectivity index (χ2v) is 4.78. The molecule has 0 aliphatic heterocycles. The number of amides is 1. The molecular formula is C13H19BrN2O2. The molecule has 0 bridgehead atoms. The van der Waals surface area contributed by atoms with Gasteiger partial charge in [0.2, 0.25) is 5.91 Å². The number of nitrogens with one attached hydrogen (secondary N) is 2. The van der Waals surface area contributed by atoms with Crippen LogP contribution in [0.3, 0.4) is 0 Å². The topological polar surface area (TPSA) is 50.4 Å². The van der Waals surface area contributed by atoms with E-state index in [-0.39, 0.29) is 5.91 Å². The number of hydrogen-bond donors (Lipinski definition) is 2. The number of halogens is 1. The van der Waals surface area contributed by atoms with Crippen LogP contribution >= 0.6 is 15.9 Å². The third kappa shape index (κ3) is 6.61. The van der Waals surface area contributed by atoms with Crippen LogP contribution in [-0.2, 0) is 4.79 Å². The van der Waals surface area contributed by atoms with Crippen LogP contribution in [0.25, 0.3) is 0 Å². The van der Waals surface area contributed by atoms with Crippen LogP contribution in [0.2, 0.25) is 0 Å². The number of rotatable bonds is 8. The summed E-state index contributed by atoms with van der Waals surface area (Å²) in [7, 11) is 1.86. The summed E-state index contributed by atoms with van der Waals surface area (Å²) >= 11 is 3.38. The largest absolute Gasteiger partial charge is 0.494 e. The molecule has 0 atom stereocenters. The van der Waals surface area contributed by atoms with Crippen LogP contribution < -0.4 is 15.4 Å². The Hall–Kier alpha value is -1.07. The first-order chi connectivity index (χ1) is 8.72. The van der Waals surface area contributed by atoms with Gasteiger partial charge in [-0.1, -0.05) is 22.0 Å². The Morgan fingerprint density at radius 2 is 2.22 bits per heavy atom. The summed E-state index contributed by atoms with van der Waals surface area (Å²) in [6, 6.07) is 7.68. The summed E-state index contributed by atoms with van der Waals surface area (Å²) in [4.78, 5) is 11.4. The van der Waals surface area contributed by atoms with E-state index in [1.807, 2.05) is 31.3 Å². The van der Waals surface area contributed by atoms with Crippen molar-refractivity contribution < 1.29 is 9.53 Å². The summed E-state index contributed by atoms with van der Waals surface area (Å²) in [5.74, 6) is 0.892. The quantitative estimate of drug-likeness (QED) is 0.721. The number of carbonyl (C=O) groups is 1. The molecule has 0 unspecified atom stereocenters. The average molecular weight is 315 g/mol. The van der Waals surface area contributed by atoms with Gasteiger partial charge in [0.25, 0.3) is 0 Å². The van der Waals surface area contributed by atoms with E-state index in [1.54, 1.807) is 0 Å². The normalized spacial score (nSPS) is 10.1. The van der Waals surface area contributed by atoms with Crippen molar-refractivity contribution in [3.05, 3.63) is 28.7 Å². The van der Waals surface area contributed by atoms with Crippen molar-refractivity contribution in [2.75, 3.05) is 26.7 Å². The molecular weight excluding hydrogens is 296 g/mol. The fourth-order valence-electron chi connectivity index (χ4n) is 1.39. The first-order valence-corrected chi connectivity index (χ1v) is 6.81. The number of likely N-dealkylation sites (N-methyl/N-ethyl adjacent to an activating group) is 1. The summed E-state index contributed by atoms with van der Waals surface area (Å²) in [5, 5.41) is 5.80. The monoisotopic (exact) mass is 314 g/mol. The Morgan fingerprint density at radius 3 is 2.94 bits per heavy atom. The van der Waals surface area contributed by atoms with Gasteiger partial charge in [-0.3, -0.25) is 4.79 Å². The highest BCUT2D eigenvalue weighted by molar-refractivity contribution is 9.10. The van der Waals surface area contributed by atoms with E-state index in [0.29, 0.717) is 19.6 Å². The molecule has 0 aliphatic rings. The molecule has 0 radical (unpaired) electrons. The van der Waals surface area contributed by atoms with E-state index < -0.39 is 0 Å². The van der Waals surface area contributed by atoms with E-state index in [9.17, 15) is 4.79 Å². The van der Waals surface area contributed by atoms with E-state index in [2.05, 4.69) is 26.6 Å². The molecule has 0 aliphatic carbocycles. The summed E-state index contributed by atoms with van der Waals surface area (Å²) in [5.41, 5.74) is 0. The van der Waals surface area contributed by atoms with Crippen LogP contribution in [0.1, 0.15) is 12.8 Å². The minimum Gasteiger partial charge on any atom is -0.494 e. The lowest BCUT2D eigenvalue weighted by molar-refractivity contribution is -0.121. The molecule has 0 heterocycles. The average Bonchev–Trinajstić information content (AvgIpc) is 2.35. The second kappa shape index (κ2) is 8.94. The van der Waals surface area contributed by atoms with Crippen molar-refractivity contribution in [2.45, 2.75) is 12.8 Å². The highest BCUT2D eigenvalue weighted by atomic mass is 79.9. The number of hydrogen-bond acceptors (Lipinski definition) is 3. The molecule has 1 amide bonds. The molecule has 0 saturated carbocycles. The zero-order valence-corrected chi connectivity index (χ0v) is 12.1. The number of carbonyl (C=O) groups excluding carboxylic acids is 1. The second-order valence-electron chi connectivity index (χ2n) is 3.86. The molecule has 2 N–H and O–H groups in total. The van der Waals surface area contributed by atoms with E-state index in [0.717, 1.165) is 23.2 Å². The third-order valence-corrected chi connectivity index (χ3v) is 2.80. The standard InChI is InChI=1S/C13H19BrN2O2/c1-15-7-8-16-13(17)6-3-9-18-12-5-2-4-11(14)10-12/h2,4-5,10,15H,3,6-9H2,1H3,(H,16,17). The highest BCUT2D eigenvalue weighted by Crippen LogP contribution is 2.17. The van der Waals surface area contributed by atoms with Crippen molar-refractivity contribution in [2.24, 2.45) is 0 Å². The zero-order valence-electron chi connectivity index (χ0n) is 10.5. The molecule has 5 heteroatoms. The van der Waals surface area contributed by atoms with Gasteiger partial charge in [-0.2, -0.15) is 0 Å². The lowest BCUT2D eigenvalue weighted by atomic mass is 10.3. The van der Waals surface area contributed by atoms with E-state index >= 15 is 0 Å². The van der Waals surface area contributed by atoms with E-state index in [4.69, 9.17) is 4.74 Å². The molecule has 0 aromatic heterocycles. The summed E-state index contributed by atoms with van der Waals surface area (Å²) in [6.07, 6.45) is 1.22. The maximum Gasteiger partial charge on any atom is 0.220 e. The molecule has 0 fully saturated rings. The van der Waals surface area contributed by atoms with Crippen LogP contribution in [-0.4, -0.2) is 32.7 Å². The lowest BCUT2D eigenvalue weighted by Crippen LogP contribution is -2.30. The van der Waals surface area contributed by atoms with Crippen molar-refractivity contribution >= 4 is 21.8 Å². The third-order valence-electron chi connectivity index (χ3n) is 2.31. The fraction of sp³-hybridized carbons (Fsp3) is 0.462. The Labute approximate surface area is 116 Å². The Balaban J connectivity index is 2.09. The van der Waals surface area contributed by atoms with Gasteiger partial charge in [0.1, 0.15) is 5.75 Å². The minimum atomic E-state index is 0.0723. The van der Waals surface area contributed by atoms with Crippen LogP contribution in [0.5, 0.6) is 5.75 Å². The van der Waals surface area contributed by atoms with Crippen LogP contribution in [0.15, 0.2) is 28.7 Å². The van der Waals surface area contributed by atoms with Gasteiger partial charge in [0.15, 0.2) is 0 Å².